The van der Waals surface area contributed by atoms with Crippen molar-refractivity contribution in [2.24, 2.45) is 0 Å². The van der Waals surface area contributed by atoms with Crippen molar-refractivity contribution in [3.63, 3.8) is 0 Å². The largest absolute Gasteiger partial charge is 0.352 e. The summed E-state index contributed by atoms with van der Waals surface area (Å²) in [4.78, 5) is 27.9. The second-order valence-corrected chi connectivity index (χ2v) is 11.7. The SMILES string of the molecule is CC(C(=O)NC1CCCCC1)N(Cc1ccccc1Cl)C(=O)CN(C)S(=O)(=O)c1ccc(Cl)cc1. The molecule has 0 spiro atoms. The number of hydrogen-bond donors (Lipinski definition) is 1. The van der Waals surface area contributed by atoms with E-state index in [0.717, 1.165) is 36.4 Å². The Labute approximate surface area is 217 Å². The van der Waals surface area contributed by atoms with E-state index >= 15 is 0 Å². The molecular formula is C25H31Cl2N3O4S. The van der Waals surface area contributed by atoms with Gasteiger partial charge in [-0.15, -0.1) is 0 Å². The average molecular weight is 541 g/mol. The summed E-state index contributed by atoms with van der Waals surface area (Å²) in [7, 11) is -2.60. The minimum Gasteiger partial charge on any atom is -0.352 e. The van der Waals surface area contributed by atoms with Crippen molar-refractivity contribution < 1.29 is 18.0 Å². The van der Waals surface area contributed by atoms with E-state index in [0.29, 0.717) is 15.6 Å². The maximum absolute atomic E-state index is 13.4. The van der Waals surface area contributed by atoms with Crippen molar-refractivity contribution in [1.29, 1.82) is 0 Å². The van der Waals surface area contributed by atoms with Crippen LogP contribution in [-0.4, -0.2) is 55.1 Å². The standard InChI is InChI=1S/C25H31Cl2N3O4S/c1-18(25(32)28-21-9-4-3-5-10-21)30(16-19-8-6-7-11-23(19)27)24(31)17-29(2)35(33,34)22-14-12-20(26)13-15-22/h6-8,11-15,18,21H,3-5,9-10,16-17H2,1-2H3,(H,28,32). The van der Waals surface area contributed by atoms with Gasteiger partial charge in [-0.2, -0.15) is 4.31 Å². The van der Waals surface area contributed by atoms with Crippen LogP contribution in [0, 0.1) is 0 Å². The Morgan fingerprint density at radius 1 is 1.03 bits per heavy atom. The van der Waals surface area contributed by atoms with Gasteiger partial charge in [0.15, 0.2) is 0 Å². The van der Waals surface area contributed by atoms with E-state index in [9.17, 15) is 18.0 Å². The highest BCUT2D eigenvalue weighted by Crippen LogP contribution is 2.22. The lowest BCUT2D eigenvalue weighted by Crippen LogP contribution is -2.52. The molecular weight excluding hydrogens is 509 g/mol. The molecule has 2 amide bonds. The zero-order chi connectivity index (χ0) is 25.6. The van der Waals surface area contributed by atoms with Gasteiger partial charge in [-0.05, 0) is 55.7 Å². The summed E-state index contributed by atoms with van der Waals surface area (Å²) in [5.74, 6) is -0.767. The van der Waals surface area contributed by atoms with Crippen molar-refractivity contribution in [3.8, 4) is 0 Å². The van der Waals surface area contributed by atoms with Crippen LogP contribution in [0.3, 0.4) is 0 Å². The second-order valence-electron chi connectivity index (χ2n) is 8.85. The minimum absolute atomic E-state index is 0.0259. The predicted molar refractivity (Wildman–Crippen MR) is 138 cm³/mol. The van der Waals surface area contributed by atoms with E-state index < -0.39 is 28.5 Å². The van der Waals surface area contributed by atoms with Crippen LogP contribution in [-0.2, 0) is 26.2 Å². The van der Waals surface area contributed by atoms with Crippen LogP contribution in [0.25, 0.3) is 0 Å². The molecule has 7 nitrogen and oxygen atoms in total. The van der Waals surface area contributed by atoms with Gasteiger partial charge in [-0.25, -0.2) is 8.42 Å². The van der Waals surface area contributed by atoms with Crippen LogP contribution in [0.1, 0.15) is 44.6 Å². The van der Waals surface area contributed by atoms with Crippen LogP contribution in [0.2, 0.25) is 10.0 Å². The summed E-state index contributed by atoms with van der Waals surface area (Å²) < 4.78 is 27.0. The van der Waals surface area contributed by atoms with Gasteiger partial charge in [0, 0.05) is 29.7 Å². The van der Waals surface area contributed by atoms with Gasteiger partial charge in [0.05, 0.1) is 11.4 Å². The number of hydrogen-bond acceptors (Lipinski definition) is 4. The zero-order valence-corrected chi connectivity index (χ0v) is 22.2. The molecule has 0 radical (unpaired) electrons. The van der Waals surface area contributed by atoms with Crippen LogP contribution in [0.5, 0.6) is 0 Å². The molecule has 2 aromatic carbocycles. The van der Waals surface area contributed by atoms with E-state index in [4.69, 9.17) is 23.2 Å². The molecule has 0 bridgehead atoms. The number of amides is 2. The Balaban J connectivity index is 1.80. The summed E-state index contributed by atoms with van der Waals surface area (Å²) in [6.45, 7) is 1.30. The van der Waals surface area contributed by atoms with E-state index in [1.165, 1.54) is 36.2 Å². The molecule has 1 atom stereocenters. The van der Waals surface area contributed by atoms with Crippen LogP contribution in [0.4, 0.5) is 0 Å². The molecule has 35 heavy (non-hydrogen) atoms. The molecule has 1 aliphatic rings. The van der Waals surface area contributed by atoms with Gasteiger partial charge >= 0.3 is 0 Å². The van der Waals surface area contributed by atoms with Crippen molar-refractivity contribution in [3.05, 3.63) is 64.1 Å². The average Bonchev–Trinajstić information content (AvgIpc) is 2.84. The first-order chi connectivity index (χ1) is 16.6. The molecule has 0 heterocycles. The van der Waals surface area contributed by atoms with Gasteiger partial charge in [0.25, 0.3) is 0 Å². The van der Waals surface area contributed by atoms with E-state index in [-0.39, 0.29) is 23.4 Å². The summed E-state index contributed by atoms with van der Waals surface area (Å²) in [5.41, 5.74) is 0.669. The smallest absolute Gasteiger partial charge is 0.243 e. The van der Waals surface area contributed by atoms with Gasteiger partial charge in [0.1, 0.15) is 6.04 Å². The molecule has 1 aliphatic carbocycles. The van der Waals surface area contributed by atoms with Crippen LogP contribution < -0.4 is 5.32 Å². The van der Waals surface area contributed by atoms with Gasteiger partial charge in [-0.1, -0.05) is 60.7 Å². The number of benzene rings is 2. The molecule has 0 aliphatic heterocycles. The van der Waals surface area contributed by atoms with Crippen molar-refractivity contribution in [1.82, 2.24) is 14.5 Å². The van der Waals surface area contributed by atoms with Gasteiger partial charge < -0.3 is 10.2 Å². The Bertz CT molecular complexity index is 1140. The van der Waals surface area contributed by atoms with Crippen molar-refractivity contribution in [2.45, 2.75) is 62.6 Å². The summed E-state index contributed by atoms with van der Waals surface area (Å²) >= 11 is 12.2. The molecule has 0 saturated heterocycles. The molecule has 10 heteroatoms. The Hall–Kier alpha value is -2.13. The quantitative estimate of drug-likeness (QED) is 0.508. The monoisotopic (exact) mass is 539 g/mol. The minimum atomic E-state index is -3.93. The topological polar surface area (TPSA) is 86.8 Å². The number of nitrogens with zero attached hydrogens (tertiary/aromatic N) is 2. The number of rotatable bonds is 9. The third-order valence-electron chi connectivity index (χ3n) is 6.30. The predicted octanol–water partition coefficient (Wildman–Crippen LogP) is 4.48. The van der Waals surface area contributed by atoms with E-state index in [1.807, 2.05) is 0 Å². The van der Waals surface area contributed by atoms with Gasteiger partial charge in [0.2, 0.25) is 21.8 Å². The highest BCUT2D eigenvalue weighted by molar-refractivity contribution is 7.89. The number of carbonyl (C=O) groups is 2. The first kappa shape index (κ1) is 27.5. The lowest BCUT2D eigenvalue weighted by atomic mass is 9.95. The highest BCUT2D eigenvalue weighted by Gasteiger charge is 2.31. The summed E-state index contributed by atoms with van der Waals surface area (Å²) in [6.07, 6.45) is 5.12. The molecule has 1 unspecified atom stereocenters. The molecule has 2 aromatic rings. The number of sulfonamides is 1. The third kappa shape index (κ3) is 7.19. The van der Waals surface area contributed by atoms with Crippen molar-refractivity contribution >= 4 is 45.0 Å². The Morgan fingerprint density at radius 2 is 1.66 bits per heavy atom. The third-order valence-corrected chi connectivity index (χ3v) is 8.74. The second kappa shape index (κ2) is 12.2. The maximum atomic E-state index is 13.4. The van der Waals surface area contributed by atoms with Crippen molar-refractivity contribution in [2.75, 3.05) is 13.6 Å². The number of halogens is 2. The number of carbonyl (C=O) groups excluding carboxylic acids is 2. The number of nitrogens with one attached hydrogen (secondary N) is 1. The summed E-state index contributed by atoms with van der Waals surface area (Å²) in [5, 5.41) is 3.93. The molecule has 1 N–H and O–H groups in total. The lowest BCUT2D eigenvalue weighted by Gasteiger charge is -2.32. The normalized spacial score (nSPS) is 15.6. The fourth-order valence-corrected chi connectivity index (χ4v) is 5.56. The molecule has 3 rings (SSSR count). The number of likely N-dealkylation sites (N-methyl/N-ethyl adjacent to an activating group) is 1. The van der Waals surface area contributed by atoms with E-state index in [2.05, 4.69) is 5.32 Å². The lowest BCUT2D eigenvalue weighted by molar-refractivity contribution is -0.141. The van der Waals surface area contributed by atoms with Gasteiger partial charge in [-0.3, -0.25) is 9.59 Å². The summed E-state index contributed by atoms with van der Waals surface area (Å²) in [6, 6.07) is 12.1. The maximum Gasteiger partial charge on any atom is 0.243 e. The molecule has 190 valence electrons. The Kier molecular flexibility index (Phi) is 9.58. The fourth-order valence-electron chi connectivity index (χ4n) is 4.11. The van der Waals surface area contributed by atoms with Crippen LogP contribution in [0.15, 0.2) is 53.4 Å². The van der Waals surface area contributed by atoms with E-state index in [1.54, 1.807) is 31.2 Å². The first-order valence-electron chi connectivity index (χ1n) is 11.6. The Morgan fingerprint density at radius 3 is 2.29 bits per heavy atom. The zero-order valence-electron chi connectivity index (χ0n) is 19.9. The first-order valence-corrected chi connectivity index (χ1v) is 13.8. The molecule has 0 aromatic heterocycles. The van der Waals surface area contributed by atoms with Crippen LogP contribution >= 0.6 is 23.2 Å². The highest BCUT2D eigenvalue weighted by atomic mass is 35.5. The fraction of sp³-hybridized carbons (Fsp3) is 0.440. The molecule has 1 fully saturated rings. The molecule has 1 saturated carbocycles.